The van der Waals surface area contributed by atoms with Gasteiger partial charge in [0.1, 0.15) is 10.8 Å². The lowest BCUT2D eigenvalue weighted by Crippen LogP contribution is -2.24. The smallest absolute Gasteiger partial charge is 0.422 e. The molecule has 0 bridgehead atoms. The van der Waals surface area contributed by atoms with Crippen LogP contribution >= 0.6 is 11.6 Å². The average molecular weight is 499 g/mol. The first-order valence-corrected chi connectivity index (χ1v) is 11.1. The van der Waals surface area contributed by atoms with Crippen LogP contribution in [0.1, 0.15) is 40.7 Å². The van der Waals surface area contributed by atoms with Crippen molar-refractivity contribution in [1.82, 2.24) is 14.9 Å². The topological polar surface area (TPSA) is 93.7 Å². The summed E-state index contributed by atoms with van der Waals surface area (Å²) in [7, 11) is 0. The minimum atomic E-state index is -4.51. The van der Waals surface area contributed by atoms with Gasteiger partial charge in [0.25, 0.3) is 5.91 Å². The second-order valence-corrected chi connectivity index (χ2v) is 8.60. The van der Waals surface area contributed by atoms with Crippen LogP contribution in [0, 0.1) is 5.92 Å². The van der Waals surface area contributed by atoms with Gasteiger partial charge in [-0.1, -0.05) is 11.6 Å². The molecule has 2 aliphatic heterocycles. The molecule has 182 valence electrons. The van der Waals surface area contributed by atoms with Crippen molar-refractivity contribution in [2.45, 2.75) is 38.5 Å². The molecule has 0 unspecified atom stereocenters. The molecule has 12 heteroatoms. The lowest BCUT2D eigenvalue weighted by Gasteiger charge is -2.21. The monoisotopic (exact) mass is 498 g/mol. The molecule has 1 fully saturated rings. The van der Waals surface area contributed by atoms with E-state index in [0.29, 0.717) is 42.1 Å². The third kappa shape index (κ3) is 5.95. The van der Waals surface area contributed by atoms with Crippen molar-refractivity contribution < 1.29 is 32.2 Å². The summed E-state index contributed by atoms with van der Waals surface area (Å²) in [5.41, 5.74) is 1.56. The van der Waals surface area contributed by atoms with Gasteiger partial charge < -0.3 is 19.7 Å². The molecule has 0 spiro atoms. The first-order chi connectivity index (χ1) is 16.2. The van der Waals surface area contributed by atoms with Crippen LogP contribution in [0.2, 0.25) is 5.02 Å². The number of anilines is 1. The van der Waals surface area contributed by atoms with Crippen LogP contribution in [0.5, 0.6) is 5.88 Å². The first kappa shape index (κ1) is 24.2. The van der Waals surface area contributed by atoms with Gasteiger partial charge in [-0.3, -0.25) is 9.59 Å². The molecule has 0 aliphatic carbocycles. The van der Waals surface area contributed by atoms with E-state index in [1.807, 2.05) is 0 Å². The van der Waals surface area contributed by atoms with E-state index in [0.717, 1.165) is 12.8 Å². The number of hydrogen-bond donors (Lipinski definition) is 1. The Hall–Kier alpha value is -2.92. The average Bonchev–Trinajstić information content (AvgIpc) is 3.09. The maximum Gasteiger partial charge on any atom is 0.422 e. The maximum atomic E-state index is 12.9. The van der Waals surface area contributed by atoms with Crippen LogP contribution in [-0.4, -0.2) is 52.7 Å². The molecular weight excluding hydrogens is 477 g/mol. The molecule has 4 heterocycles. The Morgan fingerprint density at radius 2 is 2.06 bits per heavy atom. The van der Waals surface area contributed by atoms with Crippen molar-refractivity contribution in [3.63, 3.8) is 0 Å². The number of nitrogens with zero attached hydrogens (tertiary/aromatic N) is 3. The Kier molecular flexibility index (Phi) is 7.22. The van der Waals surface area contributed by atoms with Gasteiger partial charge in [0, 0.05) is 49.7 Å². The third-order valence-corrected chi connectivity index (χ3v) is 5.88. The normalized spacial score (nSPS) is 16.5. The van der Waals surface area contributed by atoms with E-state index in [9.17, 15) is 22.8 Å². The lowest BCUT2D eigenvalue weighted by molar-refractivity contribution is -0.154. The molecule has 0 atom stereocenters. The number of halogens is 4. The zero-order chi connectivity index (χ0) is 24.3. The second-order valence-electron chi connectivity index (χ2n) is 8.19. The highest BCUT2D eigenvalue weighted by Gasteiger charge is 2.32. The molecule has 0 radical (unpaired) electrons. The Bertz CT molecular complexity index is 1080. The molecule has 8 nitrogen and oxygen atoms in total. The number of rotatable bonds is 7. The minimum absolute atomic E-state index is 0.0892. The fourth-order valence-corrected chi connectivity index (χ4v) is 4.19. The highest BCUT2D eigenvalue weighted by atomic mass is 35.5. The summed E-state index contributed by atoms with van der Waals surface area (Å²) in [4.78, 5) is 35.0. The van der Waals surface area contributed by atoms with Gasteiger partial charge in [0.15, 0.2) is 6.61 Å². The molecule has 2 aromatic rings. The van der Waals surface area contributed by atoms with Crippen LogP contribution < -0.4 is 10.1 Å². The molecule has 0 aromatic carbocycles. The lowest BCUT2D eigenvalue weighted by atomic mass is 9.96. The summed E-state index contributed by atoms with van der Waals surface area (Å²) >= 11 is 6.01. The molecule has 34 heavy (non-hydrogen) atoms. The summed E-state index contributed by atoms with van der Waals surface area (Å²) in [5, 5.41) is 2.74. The number of carbonyl (C=O) groups excluding carboxylic acids is 2. The van der Waals surface area contributed by atoms with Crippen LogP contribution in [0.25, 0.3) is 0 Å². The molecule has 0 saturated carbocycles. The van der Waals surface area contributed by atoms with Crippen LogP contribution in [-0.2, 0) is 22.6 Å². The summed E-state index contributed by atoms with van der Waals surface area (Å²) in [6.07, 6.45) is 0.286. The number of fused-ring (bicyclic) bond motifs is 1. The standard InChI is InChI=1S/C22H22ClF3N4O4/c23-17-7-14(9-28-20(17)34-12-22(24,25)26)10-30-11-16-15(21(30)32)1-4-27-19(16)29-18(31)8-13-2-5-33-6-3-13/h1,4,7,9,13H,2-3,5-6,8,10-12H2,(H,27,29,31). The van der Waals surface area contributed by atoms with E-state index >= 15 is 0 Å². The van der Waals surface area contributed by atoms with Crippen LogP contribution in [0.15, 0.2) is 24.5 Å². The van der Waals surface area contributed by atoms with Crippen molar-refractivity contribution in [3.05, 3.63) is 46.2 Å². The number of alkyl halides is 3. The van der Waals surface area contributed by atoms with E-state index < -0.39 is 12.8 Å². The summed E-state index contributed by atoms with van der Waals surface area (Å²) in [5.74, 6) is -0.158. The molecule has 2 aromatic heterocycles. The van der Waals surface area contributed by atoms with Gasteiger partial charge in [0.2, 0.25) is 11.8 Å². The van der Waals surface area contributed by atoms with E-state index in [1.165, 1.54) is 23.4 Å². The number of carbonyl (C=O) groups is 2. The maximum absolute atomic E-state index is 12.9. The number of hydrogen-bond acceptors (Lipinski definition) is 6. The predicted octanol–water partition coefficient (Wildman–Crippen LogP) is 3.98. The van der Waals surface area contributed by atoms with Crippen molar-refractivity contribution in [2.24, 2.45) is 5.92 Å². The van der Waals surface area contributed by atoms with Crippen LogP contribution in [0.4, 0.5) is 19.0 Å². The fourth-order valence-electron chi connectivity index (χ4n) is 3.95. The number of nitrogens with one attached hydrogen (secondary N) is 1. The largest absolute Gasteiger partial charge is 0.467 e. The summed E-state index contributed by atoms with van der Waals surface area (Å²) in [6.45, 7) is 0.118. The fraction of sp³-hybridized carbons (Fsp3) is 0.455. The number of amides is 2. The molecule has 2 aliphatic rings. The molecule has 1 saturated heterocycles. The van der Waals surface area contributed by atoms with E-state index in [1.54, 1.807) is 6.07 Å². The van der Waals surface area contributed by atoms with Gasteiger partial charge >= 0.3 is 6.18 Å². The van der Waals surface area contributed by atoms with Crippen molar-refractivity contribution in [3.8, 4) is 5.88 Å². The molecule has 1 N–H and O–H groups in total. The number of pyridine rings is 2. The van der Waals surface area contributed by atoms with Gasteiger partial charge in [-0.25, -0.2) is 9.97 Å². The Morgan fingerprint density at radius 1 is 1.29 bits per heavy atom. The Morgan fingerprint density at radius 3 is 2.76 bits per heavy atom. The highest BCUT2D eigenvalue weighted by Crippen LogP contribution is 2.31. The Balaban J connectivity index is 1.40. The van der Waals surface area contributed by atoms with Crippen molar-refractivity contribution in [1.29, 1.82) is 0 Å². The highest BCUT2D eigenvalue weighted by molar-refractivity contribution is 6.31. The predicted molar refractivity (Wildman–Crippen MR) is 115 cm³/mol. The van der Waals surface area contributed by atoms with Gasteiger partial charge in [-0.2, -0.15) is 13.2 Å². The van der Waals surface area contributed by atoms with E-state index in [4.69, 9.17) is 16.3 Å². The molecule has 2 amide bonds. The third-order valence-electron chi connectivity index (χ3n) is 5.61. The Labute approximate surface area is 198 Å². The second kappa shape index (κ2) is 10.1. The van der Waals surface area contributed by atoms with Crippen molar-refractivity contribution in [2.75, 3.05) is 25.1 Å². The van der Waals surface area contributed by atoms with Gasteiger partial charge in [0.05, 0.1) is 6.54 Å². The van der Waals surface area contributed by atoms with Gasteiger partial charge in [-0.05, 0) is 36.5 Å². The van der Waals surface area contributed by atoms with Crippen molar-refractivity contribution >= 4 is 29.2 Å². The molecular formula is C22H22ClF3N4O4. The zero-order valence-electron chi connectivity index (χ0n) is 18.0. The zero-order valence-corrected chi connectivity index (χ0v) is 18.8. The van der Waals surface area contributed by atoms with E-state index in [-0.39, 0.29) is 41.7 Å². The minimum Gasteiger partial charge on any atom is -0.467 e. The number of aromatic nitrogens is 2. The quantitative estimate of drug-likeness (QED) is 0.620. The van der Waals surface area contributed by atoms with E-state index in [2.05, 4.69) is 20.0 Å². The summed E-state index contributed by atoms with van der Waals surface area (Å²) in [6, 6.07) is 3.00. The van der Waals surface area contributed by atoms with Crippen LogP contribution in [0.3, 0.4) is 0 Å². The first-order valence-electron chi connectivity index (χ1n) is 10.7. The summed E-state index contributed by atoms with van der Waals surface area (Å²) < 4.78 is 47.0. The SMILES string of the molecule is O=C(CC1CCOCC1)Nc1nccc2c1CN(Cc1cnc(OCC(F)(F)F)c(Cl)c1)C2=O. The number of ether oxygens (including phenoxy) is 2. The van der Waals surface area contributed by atoms with Gasteiger partial charge in [-0.15, -0.1) is 0 Å². The molecule has 4 rings (SSSR count).